The topological polar surface area (TPSA) is 68.8 Å². The highest BCUT2D eigenvalue weighted by molar-refractivity contribution is 5.89. The molecular weight excluding hydrogens is 320 g/mol. The van der Waals surface area contributed by atoms with Gasteiger partial charge in [-0.3, -0.25) is 0 Å². The number of carbonyl (C=O) groups excluding carboxylic acids is 1. The fourth-order valence-corrected chi connectivity index (χ4v) is 2.57. The van der Waals surface area contributed by atoms with E-state index in [1.807, 2.05) is 48.5 Å². The van der Waals surface area contributed by atoms with E-state index in [2.05, 4.69) is 10.6 Å². The van der Waals surface area contributed by atoms with E-state index in [0.717, 1.165) is 22.6 Å². The summed E-state index contributed by atoms with van der Waals surface area (Å²) in [6.45, 7) is 2.12. The molecule has 0 spiro atoms. The van der Waals surface area contributed by atoms with Gasteiger partial charge in [-0.15, -0.1) is 0 Å². The van der Waals surface area contributed by atoms with Crippen molar-refractivity contribution in [1.82, 2.24) is 5.32 Å². The molecule has 2 aromatic carbocycles. The van der Waals surface area contributed by atoms with E-state index in [9.17, 15) is 4.79 Å². The molecule has 3 rings (SSSR count). The Labute approximate surface area is 147 Å². The van der Waals surface area contributed by atoms with E-state index in [-0.39, 0.29) is 12.1 Å². The van der Waals surface area contributed by atoms with Gasteiger partial charge >= 0.3 is 6.03 Å². The minimum absolute atomic E-state index is 0.0862. The van der Waals surface area contributed by atoms with E-state index >= 15 is 0 Å². The van der Waals surface area contributed by atoms with Crippen LogP contribution in [0.1, 0.15) is 0 Å². The van der Waals surface area contributed by atoms with Crippen LogP contribution in [-0.2, 0) is 9.47 Å². The Hall–Kier alpha value is -2.57. The highest BCUT2D eigenvalue weighted by Gasteiger charge is 2.15. The highest BCUT2D eigenvalue weighted by atomic mass is 16.6. The van der Waals surface area contributed by atoms with Crippen molar-refractivity contribution in [1.29, 1.82) is 0 Å². The smallest absolute Gasteiger partial charge is 0.319 e. The second-order valence-corrected chi connectivity index (χ2v) is 5.71. The van der Waals surface area contributed by atoms with Crippen molar-refractivity contribution in [3.63, 3.8) is 0 Å². The quantitative estimate of drug-likeness (QED) is 0.877. The molecule has 0 aliphatic carbocycles. The lowest BCUT2D eigenvalue weighted by Gasteiger charge is -2.23. The maximum absolute atomic E-state index is 11.9. The van der Waals surface area contributed by atoms with Crippen LogP contribution in [0.25, 0.3) is 11.1 Å². The first kappa shape index (κ1) is 17.3. The molecular formula is C19H22N2O4. The number of nitrogens with one attached hydrogen (secondary N) is 2. The van der Waals surface area contributed by atoms with Gasteiger partial charge in [0, 0.05) is 12.2 Å². The van der Waals surface area contributed by atoms with E-state index < -0.39 is 0 Å². The van der Waals surface area contributed by atoms with Crippen LogP contribution < -0.4 is 15.4 Å². The Morgan fingerprint density at radius 3 is 2.36 bits per heavy atom. The molecule has 1 atom stereocenters. The van der Waals surface area contributed by atoms with Gasteiger partial charge in [-0.1, -0.05) is 24.3 Å². The molecule has 6 heteroatoms. The number of anilines is 1. The van der Waals surface area contributed by atoms with Gasteiger partial charge in [0.1, 0.15) is 5.75 Å². The summed E-state index contributed by atoms with van der Waals surface area (Å²) in [7, 11) is 1.65. The summed E-state index contributed by atoms with van der Waals surface area (Å²) in [5.41, 5.74) is 2.89. The third kappa shape index (κ3) is 4.95. The van der Waals surface area contributed by atoms with Gasteiger partial charge in [-0.25, -0.2) is 4.79 Å². The summed E-state index contributed by atoms with van der Waals surface area (Å²) in [4.78, 5) is 11.9. The van der Waals surface area contributed by atoms with Gasteiger partial charge in [0.25, 0.3) is 0 Å². The summed E-state index contributed by atoms with van der Waals surface area (Å²) in [6.07, 6.45) is -0.0862. The predicted molar refractivity (Wildman–Crippen MR) is 96.0 cm³/mol. The molecule has 1 fully saturated rings. The van der Waals surface area contributed by atoms with Crippen molar-refractivity contribution in [2.75, 3.05) is 38.8 Å². The minimum Gasteiger partial charge on any atom is -0.497 e. The third-order valence-electron chi connectivity index (χ3n) is 3.94. The Morgan fingerprint density at radius 2 is 1.76 bits per heavy atom. The lowest BCUT2D eigenvalue weighted by atomic mass is 10.1. The molecule has 6 nitrogen and oxygen atoms in total. The number of amides is 2. The molecule has 2 aromatic rings. The maximum atomic E-state index is 11.9. The van der Waals surface area contributed by atoms with Crippen molar-refractivity contribution in [2.24, 2.45) is 0 Å². The number of hydrogen-bond acceptors (Lipinski definition) is 4. The molecule has 1 aliphatic rings. The molecule has 132 valence electrons. The van der Waals surface area contributed by atoms with Crippen LogP contribution in [0.2, 0.25) is 0 Å². The standard InChI is InChI=1S/C19H22N2O4/c1-23-17-8-4-15(5-9-17)14-2-6-16(7-3-14)21-19(22)20-12-18-13-24-10-11-25-18/h2-9,18H,10-13H2,1H3,(H2,20,21,22). The molecule has 1 aliphatic heterocycles. The zero-order chi connectivity index (χ0) is 17.5. The van der Waals surface area contributed by atoms with Crippen LogP contribution in [-0.4, -0.2) is 45.6 Å². The number of carbonyl (C=O) groups is 1. The summed E-state index contributed by atoms with van der Waals surface area (Å²) in [5, 5.41) is 5.60. The number of methoxy groups -OCH3 is 1. The SMILES string of the molecule is COc1ccc(-c2ccc(NC(=O)NCC3COCCO3)cc2)cc1. The lowest BCUT2D eigenvalue weighted by molar-refractivity contribution is -0.0852. The largest absolute Gasteiger partial charge is 0.497 e. The second kappa shape index (κ2) is 8.50. The van der Waals surface area contributed by atoms with E-state index in [1.54, 1.807) is 7.11 Å². The highest BCUT2D eigenvalue weighted by Crippen LogP contribution is 2.23. The van der Waals surface area contributed by atoms with Crippen LogP contribution in [0.15, 0.2) is 48.5 Å². The van der Waals surface area contributed by atoms with Crippen molar-refractivity contribution in [3.05, 3.63) is 48.5 Å². The number of hydrogen-bond donors (Lipinski definition) is 2. The first-order chi connectivity index (χ1) is 12.2. The Balaban J connectivity index is 1.51. The zero-order valence-electron chi connectivity index (χ0n) is 14.2. The van der Waals surface area contributed by atoms with Gasteiger partial charge in [0.2, 0.25) is 0 Å². The predicted octanol–water partition coefficient (Wildman–Crippen LogP) is 2.90. The zero-order valence-corrected chi connectivity index (χ0v) is 14.2. The van der Waals surface area contributed by atoms with E-state index in [0.29, 0.717) is 26.4 Å². The van der Waals surface area contributed by atoms with E-state index in [4.69, 9.17) is 14.2 Å². The fraction of sp³-hybridized carbons (Fsp3) is 0.316. The normalized spacial score (nSPS) is 16.9. The van der Waals surface area contributed by atoms with E-state index in [1.165, 1.54) is 0 Å². The van der Waals surface area contributed by atoms with Crippen molar-refractivity contribution < 1.29 is 19.0 Å². The molecule has 25 heavy (non-hydrogen) atoms. The fourth-order valence-electron chi connectivity index (χ4n) is 2.57. The van der Waals surface area contributed by atoms with Crippen molar-refractivity contribution >= 4 is 11.7 Å². The van der Waals surface area contributed by atoms with Crippen LogP contribution in [0.4, 0.5) is 10.5 Å². The lowest BCUT2D eigenvalue weighted by Crippen LogP contribution is -2.41. The first-order valence-corrected chi connectivity index (χ1v) is 8.23. The van der Waals surface area contributed by atoms with Crippen LogP contribution in [0, 0.1) is 0 Å². The monoisotopic (exact) mass is 342 g/mol. The van der Waals surface area contributed by atoms with Crippen LogP contribution in [0.5, 0.6) is 5.75 Å². The van der Waals surface area contributed by atoms with Crippen LogP contribution >= 0.6 is 0 Å². The number of rotatable bonds is 5. The average Bonchev–Trinajstić information content (AvgIpc) is 2.68. The molecule has 0 aromatic heterocycles. The van der Waals surface area contributed by atoms with Crippen LogP contribution in [0.3, 0.4) is 0 Å². The minimum atomic E-state index is -0.258. The third-order valence-corrected chi connectivity index (χ3v) is 3.94. The molecule has 0 bridgehead atoms. The van der Waals surface area contributed by atoms with Gasteiger partial charge in [-0.2, -0.15) is 0 Å². The van der Waals surface area contributed by atoms with Gasteiger partial charge in [0.05, 0.1) is 33.0 Å². The number of benzene rings is 2. The molecule has 2 N–H and O–H groups in total. The molecule has 0 saturated carbocycles. The Kier molecular flexibility index (Phi) is 5.87. The maximum Gasteiger partial charge on any atom is 0.319 e. The number of ether oxygens (including phenoxy) is 3. The average molecular weight is 342 g/mol. The molecule has 1 unspecified atom stereocenters. The van der Waals surface area contributed by atoms with Crippen molar-refractivity contribution in [3.8, 4) is 16.9 Å². The van der Waals surface area contributed by atoms with Gasteiger partial charge in [-0.05, 0) is 35.4 Å². The second-order valence-electron chi connectivity index (χ2n) is 5.71. The Bertz CT molecular complexity index is 680. The summed E-state index contributed by atoms with van der Waals surface area (Å²) in [6, 6.07) is 15.3. The molecule has 2 amide bonds. The molecule has 1 saturated heterocycles. The molecule has 0 radical (unpaired) electrons. The summed E-state index contributed by atoms with van der Waals surface area (Å²) in [5.74, 6) is 0.825. The Morgan fingerprint density at radius 1 is 1.08 bits per heavy atom. The first-order valence-electron chi connectivity index (χ1n) is 8.23. The van der Waals surface area contributed by atoms with Gasteiger partial charge in [0.15, 0.2) is 0 Å². The molecule has 1 heterocycles. The van der Waals surface area contributed by atoms with Crippen molar-refractivity contribution in [2.45, 2.75) is 6.10 Å². The summed E-state index contributed by atoms with van der Waals surface area (Å²) < 4.78 is 15.9. The van der Waals surface area contributed by atoms with Gasteiger partial charge < -0.3 is 24.8 Å². The number of urea groups is 1. The summed E-state index contributed by atoms with van der Waals surface area (Å²) >= 11 is 0.